The maximum absolute atomic E-state index is 9.27. The molecule has 3 nitrogen and oxygen atoms in total. The molecule has 0 heterocycles. The molecule has 2 N–H and O–H groups in total. The average molecular weight is 160 g/mol. The zero-order chi connectivity index (χ0) is 8.69. The smallest absolute Gasteiger partial charge is 0.0833 e. The standard InChI is InChI=1S/C8H16O3/c1-3-7(2)8(10)6-11-5-4-9/h3,7-10H,1,4-6H2,2H3. The summed E-state index contributed by atoms with van der Waals surface area (Å²) in [6.45, 7) is 5.94. The molecule has 0 bridgehead atoms. The topological polar surface area (TPSA) is 49.7 Å². The summed E-state index contributed by atoms with van der Waals surface area (Å²) >= 11 is 0. The van der Waals surface area contributed by atoms with Crippen molar-refractivity contribution in [2.45, 2.75) is 13.0 Å². The minimum atomic E-state index is -0.515. The fraction of sp³-hybridized carbons (Fsp3) is 0.750. The second-order valence-corrected chi connectivity index (χ2v) is 2.46. The van der Waals surface area contributed by atoms with Crippen LogP contribution in [0, 0.1) is 5.92 Å². The molecule has 0 aromatic heterocycles. The number of ether oxygens (including phenoxy) is 1. The molecule has 0 fully saturated rings. The Hall–Kier alpha value is -0.380. The maximum Gasteiger partial charge on any atom is 0.0833 e. The van der Waals surface area contributed by atoms with E-state index in [1.165, 1.54) is 0 Å². The van der Waals surface area contributed by atoms with Crippen LogP contribution in [0.4, 0.5) is 0 Å². The third kappa shape index (κ3) is 4.95. The van der Waals surface area contributed by atoms with Gasteiger partial charge in [-0.05, 0) is 0 Å². The van der Waals surface area contributed by atoms with Crippen molar-refractivity contribution < 1.29 is 14.9 Å². The van der Waals surface area contributed by atoms with Crippen LogP contribution in [0.2, 0.25) is 0 Å². The Morgan fingerprint density at radius 3 is 2.73 bits per heavy atom. The Morgan fingerprint density at radius 1 is 1.64 bits per heavy atom. The number of rotatable bonds is 6. The Kier molecular flexibility index (Phi) is 6.12. The summed E-state index contributed by atoms with van der Waals surface area (Å²) < 4.78 is 4.92. The predicted octanol–water partition coefficient (Wildman–Crippen LogP) is 0.178. The van der Waals surface area contributed by atoms with Crippen LogP contribution in [-0.2, 0) is 4.74 Å². The highest BCUT2D eigenvalue weighted by Gasteiger charge is 2.09. The van der Waals surface area contributed by atoms with Gasteiger partial charge in [0, 0.05) is 5.92 Å². The van der Waals surface area contributed by atoms with E-state index in [9.17, 15) is 5.11 Å². The number of aliphatic hydroxyl groups excluding tert-OH is 2. The van der Waals surface area contributed by atoms with E-state index in [-0.39, 0.29) is 25.7 Å². The molecule has 3 heteroatoms. The third-order valence-electron chi connectivity index (χ3n) is 1.50. The SMILES string of the molecule is C=CC(C)C(O)COCCO. The summed E-state index contributed by atoms with van der Waals surface area (Å²) in [5.41, 5.74) is 0. The first kappa shape index (κ1) is 10.6. The molecule has 0 amide bonds. The Labute approximate surface area is 67.3 Å². The maximum atomic E-state index is 9.27. The molecule has 0 saturated carbocycles. The Balaban J connectivity index is 3.35. The lowest BCUT2D eigenvalue weighted by atomic mass is 10.1. The molecule has 0 spiro atoms. The van der Waals surface area contributed by atoms with E-state index >= 15 is 0 Å². The van der Waals surface area contributed by atoms with Crippen molar-refractivity contribution in [2.75, 3.05) is 19.8 Å². The van der Waals surface area contributed by atoms with E-state index < -0.39 is 6.10 Å². The fourth-order valence-electron chi connectivity index (χ4n) is 0.577. The van der Waals surface area contributed by atoms with Gasteiger partial charge in [0.2, 0.25) is 0 Å². The molecular formula is C8H16O3. The van der Waals surface area contributed by atoms with Gasteiger partial charge in [-0.25, -0.2) is 0 Å². The van der Waals surface area contributed by atoms with Crippen LogP contribution in [0.5, 0.6) is 0 Å². The molecule has 66 valence electrons. The molecule has 0 aromatic rings. The first-order valence-corrected chi connectivity index (χ1v) is 3.71. The van der Waals surface area contributed by atoms with E-state index in [1.54, 1.807) is 6.08 Å². The summed E-state index contributed by atoms with van der Waals surface area (Å²) in [5, 5.41) is 17.6. The van der Waals surface area contributed by atoms with Gasteiger partial charge in [0.1, 0.15) is 0 Å². The highest BCUT2D eigenvalue weighted by molar-refractivity contribution is 4.80. The summed E-state index contributed by atoms with van der Waals surface area (Å²) in [6.07, 6.45) is 1.16. The van der Waals surface area contributed by atoms with Crippen molar-refractivity contribution in [3.63, 3.8) is 0 Å². The van der Waals surface area contributed by atoms with E-state index in [1.807, 2.05) is 6.92 Å². The summed E-state index contributed by atoms with van der Waals surface area (Å²) in [5.74, 6) is 0.0358. The average Bonchev–Trinajstić information content (AvgIpc) is 2.03. The van der Waals surface area contributed by atoms with E-state index in [4.69, 9.17) is 9.84 Å². The lowest BCUT2D eigenvalue weighted by Gasteiger charge is -2.14. The second kappa shape index (κ2) is 6.34. The highest BCUT2D eigenvalue weighted by Crippen LogP contribution is 2.03. The van der Waals surface area contributed by atoms with Gasteiger partial charge in [-0.15, -0.1) is 6.58 Å². The van der Waals surface area contributed by atoms with Gasteiger partial charge in [0.25, 0.3) is 0 Å². The van der Waals surface area contributed by atoms with Crippen molar-refractivity contribution in [1.29, 1.82) is 0 Å². The monoisotopic (exact) mass is 160 g/mol. The van der Waals surface area contributed by atoms with Gasteiger partial charge in [-0.2, -0.15) is 0 Å². The molecule has 0 aliphatic carbocycles. The quantitative estimate of drug-likeness (QED) is 0.430. The van der Waals surface area contributed by atoms with Gasteiger partial charge in [-0.3, -0.25) is 0 Å². The number of aliphatic hydroxyl groups is 2. The molecule has 0 aliphatic heterocycles. The largest absolute Gasteiger partial charge is 0.394 e. The van der Waals surface area contributed by atoms with Crippen LogP contribution < -0.4 is 0 Å². The van der Waals surface area contributed by atoms with Crippen LogP contribution >= 0.6 is 0 Å². The predicted molar refractivity (Wildman–Crippen MR) is 43.3 cm³/mol. The van der Waals surface area contributed by atoms with Gasteiger partial charge < -0.3 is 14.9 Å². The highest BCUT2D eigenvalue weighted by atomic mass is 16.5. The zero-order valence-corrected chi connectivity index (χ0v) is 6.86. The van der Waals surface area contributed by atoms with Gasteiger partial charge in [-0.1, -0.05) is 13.0 Å². The van der Waals surface area contributed by atoms with E-state index in [0.717, 1.165) is 0 Å². The first-order chi connectivity index (χ1) is 5.22. The van der Waals surface area contributed by atoms with E-state index in [2.05, 4.69) is 6.58 Å². The summed E-state index contributed by atoms with van der Waals surface area (Å²) in [4.78, 5) is 0. The minimum absolute atomic E-state index is 0.00477. The molecule has 0 aromatic carbocycles. The van der Waals surface area contributed by atoms with E-state index in [0.29, 0.717) is 0 Å². The lowest BCUT2D eigenvalue weighted by molar-refractivity contribution is 0.00676. The van der Waals surface area contributed by atoms with Gasteiger partial charge in [0.15, 0.2) is 0 Å². The Bertz CT molecular complexity index is 104. The summed E-state index contributed by atoms with van der Waals surface area (Å²) in [7, 11) is 0. The minimum Gasteiger partial charge on any atom is -0.394 e. The van der Waals surface area contributed by atoms with Crippen molar-refractivity contribution >= 4 is 0 Å². The second-order valence-electron chi connectivity index (χ2n) is 2.46. The van der Waals surface area contributed by atoms with Crippen LogP contribution in [-0.4, -0.2) is 36.1 Å². The molecule has 0 saturated heterocycles. The van der Waals surface area contributed by atoms with Gasteiger partial charge >= 0.3 is 0 Å². The Morgan fingerprint density at radius 2 is 2.27 bits per heavy atom. The van der Waals surface area contributed by atoms with Crippen LogP contribution in [0.3, 0.4) is 0 Å². The number of hydrogen-bond donors (Lipinski definition) is 2. The zero-order valence-electron chi connectivity index (χ0n) is 6.86. The van der Waals surface area contributed by atoms with Gasteiger partial charge in [0.05, 0.1) is 25.9 Å². The van der Waals surface area contributed by atoms with Crippen LogP contribution in [0.15, 0.2) is 12.7 Å². The van der Waals surface area contributed by atoms with Crippen molar-refractivity contribution in [2.24, 2.45) is 5.92 Å². The van der Waals surface area contributed by atoms with Crippen LogP contribution in [0.1, 0.15) is 6.92 Å². The summed E-state index contributed by atoms with van der Waals surface area (Å²) in [6, 6.07) is 0. The molecule has 11 heavy (non-hydrogen) atoms. The number of hydrogen-bond acceptors (Lipinski definition) is 3. The molecule has 0 radical (unpaired) electrons. The van der Waals surface area contributed by atoms with Crippen molar-refractivity contribution in [3.05, 3.63) is 12.7 Å². The normalized spacial score (nSPS) is 15.9. The molecule has 2 unspecified atom stereocenters. The first-order valence-electron chi connectivity index (χ1n) is 3.71. The lowest BCUT2D eigenvalue weighted by Crippen LogP contribution is -2.22. The molecule has 0 rings (SSSR count). The molecular weight excluding hydrogens is 144 g/mol. The van der Waals surface area contributed by atoms with Crippen molar-refractivity contribution in [1.82, 2.24) is 0 Å². The van der Waals surface area contributed by atoms with Crippen molar-refractivity contribution in [3.8, 4) is 0 Å². The fourth-order valence-corrected chi connectivity index (χ4v) is 0.577. The third-order valence-corrected chi connectivity index (χ3v) is 1.50. The molecule has 2 atom stereocenters. The molecule has 0 aliphatic rings. The van der Waals surface area contributed by atoms with Crippen LogP contribution in [0.25, 0.3) is 0 Å².